The molecule has 74 heavy (non-hydrogen) atoms. The normalized spacial score (nSPS) is 17.1. The first-order chi connectivity index (χ1) is 35.8. The zero-order valence-electron chi connectivity index (χ0n) is 42.7. The number of hydrogen-bond donors (Lipinski definition) is 2. The Labute approximate surface area is 430 Å². The molecule has 394 valence electrons. The molecule has 4 aromatic rings. The van der Waals surface area contributed by atoms with E-state index in [4.69, 9.17) is 37.9 Å². The molecule has 7 rings (SSSR count). The third kappa shape index (κ3) is 12.3. The number of carbonyl (C=O) groups is 7. The Morgan fingerprint density at radius 2 is 1.47 bits per heavy atom. The Kier molecular flexibility index (Phi) is 18.4. The van der Waals surface area contributed by atoms with E-state index in [2.05, 4.69) is 10.6 Å². The standard InChI is InChI=1S/C55H64N4O15/c1-7-37(35-30-45(69-4)50(71-6)46(31-35)70-5)52(63)58-27-10-8-14-40(58)55(66)74-41(23-16-33-17-24-42(67-2)44(29-33)68-3)34-18-20-36(21-19-34)73-32-48(61)56-26-9-11-28-72-43-15-12-13-38-49(43)54(65)59(53(38)64)39-22-25-47(60)57-51(39)62/h12-13,15,17-21,24,29-31,37,39-41H,7-11,14,16,22-23,25-28,32H2,1-6H3,(H,56,61)(H,57,60,62)/t37-,39?,40-,41+/m0/s1. The Hall–Kier alpha value is -7.83. The number of piperidine rings is 2. The number of rotatable bonds is 24. The molecule has 3 heterocycles. The Morgan fingerprint density at radius 3 is 2.15 bits per heavy atom. The first kappa shape index (κ1) is 54.0. The topological polar surface area (TPSA) is 224 Å². The zero-order valence-corrected chi connectivity index (χ0v) is 42.7. The molecular weight excluding hydrogens is 957 g/mol. The maximum atomic E-state index is 14.5. The summed E-state index contributed by atoms with van der Waals surface area (Å²) in [4.78, 5) is 94.9. The molecule has 6 amide bonds. The van der Waals surface area contributed by atoms with Gasteiger partial charge in [0.15, 0.2) is 29.6 Å². The SMILES string of the molecule is CC[C@H](C(=O)N1CCCC[C@H]1C(=O)O[C@H](CCc1ccc(OC)c(OC)c1)c1ccc(OCC(=O)NCCCCOc2cccc3c2C(=O)N(C2CCC(=O)NC2=O)C3=O)cc1)c1cc(OC)c(OC)c(OC)c1. The van der Waals surface area contributed by atoms with Crippen LogP contribution in [0.5, 0.6) is 40.2 Å². The molecule has 2 saturated heterocycles. The van der Waals surface area contributed by atoms with Crippen molar-refractivity contribution < 1.29 is 71.5 Å². The third-order valence-electron chi connectivity index (χ3n) is 13.5. The van der Waals surface area contributed by atoms with E-state index in [0.29, 0.717) is 97.2 Å². The van der Waals surface area contributed by atoms with Crippen molar-refractivity contribution >= 4 is 41.4 Å². The predicted molar refractivity (Wildman–Crippen MR) is 268 cm³/mol. The first-order valence-electron chi connectivity index (χ1n) is 24.8. The lowest BCUT2D eigenvalue weighted by Gasteiger charge is -2.37. The van der Waals surface area contributed by atoms with Gasteiger partial charge in [-0.2, -0.15) is 0 Å². The molecule has 0 aliphatic carbocycles. The summed E-state index contributed by atoms with van der Waals surface area (Å²) in [6.45, 7) is 2.56. The maximum Gasteiger partial charge on any atom is 0.329 e. The quantitative estimate of drug-likeness (QED) is 0.0448. The molecule has 19 heteroatoms. The number of carbonyl (C=O) groups excluding carboxylic acids is 7. The average Bonchev–Trinajstić information content (AvgIpc) is 3.68. The van der Waals surface area contributed by atoms with Crippen molar-refractivity contribution in [3.05, 3.63) is 101 Å². The molecule has 0 spiro atoms. The summed E-state index contributed by atoms with van der Waals surface area (Å²) < 4.78 is 45.8. The van der Waals surface area contributed by atoms with Gasteiger partial charge >= 0.3 is 5.97 Å². The summed E-state index contributed by atoms with van der Waals surface area (Å²) in [5.74, 6) is -1.02. The summed E-state index contributed by atoms with van der Waals surface area (Å²) in [6.07, 6.45) is 3.68. The van der Waals surface area contributed by atoms with E-state index in [9.17, 15) is 33.6 Å². The summed E-state index contributed by atoms with van der Waals surface area (Å²) in [5.41, 5.74) is 2.50. The lowest BCUT2D eigenvalue weighted by atomic mass is 9.91. The van der Waals surface area contributed by atoms with Crippen LogP contribution < -0.4 is 43.8 Å². The molecule has 2 N–H and O–H groups in total. The van der Waals surface area contributed by atoms with E-state index in [1.165, 1.54) is 27.4 Å². The van der Waals surface area contributed by atoms with Gasteiger partial charge in [-0.3, -0.25) is 39.0 Å². The van der Waals surface area contributed by atoms with E-state index in [1.807, 2.05) is 25.1 Å². The molecule has 0 radical (unpaired) electrons. The fourth-order valence-corrected chi connectivity index (χ4v) is 9.56. The fraction of sp³-hybridized carbons (Fsp3) is 0.436. The van der Waals surface area contributed by atoms with E-state index in [1.54, 1.807) is 67.7 Å². The van der Waals surface area contributed by atoms with Crippen LogP contribution in [0.4, 0.5) is 0 Å². The summed E-state index contributed by atoms with van der Waals surface area (Å²) >= 11 is 0. The molecule has 0 saturated carbocycles. The zero-order chi connectivity index (χ0) is 52.9. The van der Waals surface area contributed by atoms with Gasteiger partial charge in [-0.05, 0) is 123 Å². The monoisotopic (exact) mass is 1020 g/mol. The lowest BCUT2D eigenvalue weighted by molar-refractivity contribution is -0.162. The number of esters is 1. The average molecular weight is 1020 g/mol. The van der Waals surface area contributed by atoms with Crippen LogP contribution >= 0.6 is 0 Å². The highest BCUT2D eigenvalue weighted by molar-refractivity contribution is 6.24. The number of nitrogens with zero attached hydrogens (tertiary/aromatic N) is 2. The van der Waals surface area contributed by atoms with Crippen LogP contribution in [0.15, 0.2) is 72.8 Å². The number of fused-ring (bicyclic) bond motifs is 1. The molecular formula is C55H64N4O15. The minimum absolute atomic E-state index is 0.0170. The second-order valence-electron chi connectivity index (χ2n) is 18.0. The third-order valence-corrected chi connectivity index (χ3v) is 13.5. The number of hydrogen-bond acceptors (Lipinski definition) is 15. The molecule has 2 fully saturated rings. The molecule has 1 unspecified atom stereocenters. The van der Waals surface area contributed by atoms with Gasteiger partial charge in [0.2, 0.25) is 23.5 Å². The van der Waals surface area contributed by atoms with Crippen LogP contribution in [0.1, 0.15) is 114 Å². The van der Waals surface area contributed by atoms with E-state index in [0.717, 1.165) is 23.3 Å². The number of nitrogens with one attached hydrogen (secondary N) is 2. The number of ether oxygens (including phenoxy) is 8. The number of unbranched alkanes of at least 4 members (excludes halogenated alkanes) is 1. The van der Waals surface area contributed by atoms with Crippen molar-refractivity contribution in [3.63, 3.8) is 0 Å². The highest BCUT2D eigenvalue weighted by Gasteiger charge is 2.46. The predicted octanol–water partition coefficient (Wildman–Crippen LogP) is 6.28. The number of methoxy groups -OCH3 is 5. The van der Waals surface area contributed by atoms with Gasteiger partial charge < -0.3 is 48.1 Å². The van der Waals surface area contributed by atoms with Gasteiger partial charge in [0.25, 0.3) is 17.7 Å². The molecule has 4 aromatic carbocycles. The molecule has 0 bridgehead atoms. The van der Waals surface area contributed by atoms with Gasteiger partial charge in [-0.25, -0.2) is 4.79 Å². The number of benzene rings is 4. The van der Waals surface area contributed by atoms with Crippen LogP contribution in [0, 0.1) is 0 Å². The minimum Gasteiger partial charge on any atom is -0.493 e. The van der Waals surface area contributed by atoms with E-state index in [-0.39, 0.29) is 54.7 Å². The fourth-order valence-electron chi connectivity index (χ4n) is 9.56. The summed E-state index contributed by atoms with van der Waals surface area (Å²) in [7, 11) is 7.69. The van der Waals surface area contributed by atoms with Gasteiger partial charge in [0, 0.05) is 19.5 Å². The molecule has 0 aromatic heterocycles. The van der Waals surface area contributed by atoms with Crippen LogP contribution in [0.2, 0.25) is 0 Å². The summed E-state index contributed by atoms with van der Waals surface area (Å²) in [5, 5.41) is 5.01. The smallest absolute Gasteiger partial charge is 0.329 e. The van der Waals surface area contributed by atoms with Crippen LogP contribution in [-0.2, 0) is 35.1 Å². The highest BCUT2D eigenvalue weighted by atomic mass is 16.5. The Morgan fingerprint density at radius 1 is 0.743 bits per heavy atom. The van der Waals surface area contributed by atoms with Gasteiger partial charge in [-0.15, -0.1) is 0 Å². The molecule has 19 nitrogen and oxygen atoms in total. The first-order valence-corrected chi connectivity index (χ1v) is 24.8. The number of likely N-dealkylation sites (tertiary alicyclic amines) is 1. The maximum absolute atomic E-state index is 14.5. The highest BCUT2D eigenvalue weighted by Crippen LogP contribution is 2.42. The largest absolute Gasteiger partial charge is 0.493 e. The van der Waals surface area contributed by atoms with Crippen LogP contribution in [0.25, 0.3) is 0 Å². The van der Waals surface area contributed by atoms with Crippen molar-refractivity contribution in [1.29, 1.82) is 0 Å². The van der Waals surface area contributed by atoms with Crippen molar-refractivity contribution in [2.75, 3.05) is 61.9 Å². The van der Waals surface area contributed by atoms with E-state index < -0.39 is 53.7 Å². The molecule has 3 aliphatic rings. The Bertz CT molecular complexity index is 2680. The van der Waals surface area contributed by atoms with Gasteiger partial charge in [0.05, 0.1) is 59.2 Å². The number of amides is 6. The van der Waals surface area contributed by atoms with Crippen molar-refractivity contribution in [2.24, 2.45) is 0 Å². The Balaban J connectivity index is 0.946. The van der Waals surface area contributed by atoms with Crippen LogP contribution in [-0.4, -0.2) is 125 Å². The molecule has 3 aliphatic heterocycles. The van der Waals surface area contributed by atoms with Gasteiger partial charge in [0.1, 0.15) is 29.7 Å². The van der Waals surface area contributed by atoms with Crippen molar-refractivity contribution in [1.82, 2.24) is 20.4 Å². The van der Waals surface area contributed by atoms with Crippen molar-refractivity contribution in [2.45, 2.75) is 95.2 Å². The summed E-state index contributed by atoms with van der Waals surface area (Å²) in [6, 6.07) is 18.9. The second kappa shape index (κ2) is 25.2. The van der Waals surface area contributed by atoms with E-state index >= 15 is 0 Å². The second-order valence-corrected chi connectivity index (χ2v) is 18.0. The lowest BCUT2D eigenvalue weighted by Crippen LogP contribution is -2.54. The van der Waals surface area contributed by atoms with Crippen LogP contribution in [0.3, 0.4) is 0 Å². The molecule has 4 atom stereocenters. The number of imide groups is 2. The van der Waals surface area contributed by atoms with Gasteiger partial charge in [-0.1, -0.05) is 31.2 Å². The van der Waals surface area contributed by atoms with Crippen molar-refractivity contribution in [3.8, 4) is 40.2 Å². The number of aryl methyl sites for hydroxylation is 1. The minimum atomic E-state index is -1.08.